The van der Waals surface area contributed by atoms with Crippen LogP contribution in [-0.4, -0.2) is 53.0 Å². The van der Waals surface area contributed by atoms with Gasteiger partial charge in [0.15, 0.2) is 0 Å². The number of nitrogens with zero attached hydrogens (tertiary/aromatic N) is 2. The van der Waals surface area contributed by atoms with Gasteiger partial charge in [-0.2, -0.15) is 0 Å². The van der Waals surface area contributed by atoms with E-state index in [2.05, 4.69) is 0 Å². The van der Waals surface area contributed by atoms with Crippen molar-refractivity contribution >= 4 is 12.0 Å². The molecule has 2 atom stereocenters. The molecule has 0 saturated carbocycles. The first-order chi connectivity index (χ1) is 12.4. The molecule has 6 heteroatoms. The lowest BCUT2D eigenvalue weighted by Crippen LogP contribution is -2.55. The van der Waals surface area contributed by atoms with Gasteiger partial charge >= 0.3 is 6.09 Å². The number of hydrogen-bond donors (Lipinski definition) is 1. The number of nitrogens with two attached hydrogens (primary N) is 1. The first-order valence-corrected chi connectivity index (χ1v) is 9.43. The Morgan fingerprint density at radius 3 is 2.54 bits per heavy atom. The van der Waals surface area contributed by atoms with Crippen LogP contribution in [0.25, 0.3) is 0 Å². The van der Waals surface area contributed by atoms with Crippen molar-refractivity contribution in [2.45, 2.75) is 64.8 Å². The van der Waals surface area contributed by atoms with Gasteiger partial charge in [0.1, 0.15) is 6.61 Å². The number of amides is 2. The van der Waals surface area contributed by atoms with Crippen LogP contribution in [0.15, 0.2) is 30.3 Å². The van der Waals surface area contributed by atoms with E-state index in [0.717, 1.165) is 24.8 Å². The maximum atomic E-state index is 12.6. The first kappa shape index (κ1) is 20.2. The summed E-state index contributed by atoms with van der Waals surface area (Å²) in [6, 6.07) is 9.09. The molecule has 0 aromatic heterocycles. The normalized spacial score (nSPS) is 18.5. The minimum absolute atomic E-state index is 0.00562. The maximum Gasteiger partial charge on any atom is 0.410 e. The van der Waals surface area contributed by atoms with Crippen LogP contribution in [0, 0.1) is 0 Å². The minimum atomic E-state index is -0.520. The molecule has 2 N–H and O–H groups in total. The topological polar surface area (TPSA) is 75.9 Å². The summed E-state index contributed by atoms with van der Waals surface area (Å²) < 4.78 is 5.50. The number of hydrogen-bond acceptors (Lipinski definition) is 4. The Balaban J connectivity index is 2.01. The Kier molecular flexibility index (Phi) is 7.45. The van der Waals surface area contributed by atoms with Gasteiger partial charge in [0.05, 0.1) is 6.04 Å². The zero-order valence-electron chi connectivity index (χ0n) is 16.1. The molecule has 0 bridgehead atoms. The van der Waals surface area contributed by atoms with Crippen molar-refractivity contribution in [1.29, 1.82) is 0 Å². The van der Waals surface area contributed by atoms with Gasteiger partial charge in [-0.1, -0.05) is 30.3 Å². The zero-order chi connectivity index (χ0) is 19.1. The highest BCUT2D eigenvalue weighted by Crippen LogP contribution is 2.20. The monoisotopic (exact) mass is 361 g/mol. The SMILES string of the molecule is CC(C)N(C[C@H]1CCCCN1C(=O)[C@H](C)N)C(=O)OCc1ccccc1. The number of benzene rings is 1. The molecular weight excluding hydrogens is 330 g/mol. The molecule has 1 fully saturated rings. The molecule has 0 aliphatic carbocycles. The zero-order valence-corrected chi connectivity index (χ0v) is 16.1. The van der Waals surface area contributed by atoms with Gasteiger partial charge in [-0.05, 0) is 45.6 Å². The lowest BCUT2D eigenvalue weighted by Gasteiger charge is -2.40. The number of carbonyl (C=O) groups excluding carboxylic acids is 2. The molecule has 2 rings (SSSR count). The van der Waals surface area contributed by atoms with Gasteiger partial charge < -0.3 is 20.3 Å². The lowest BCUT2D eigenvalue weighted by atomic mass is 10.00. The summed E-state index contributed by atoms with van der Waals surface area (Å²) in [5.41, 5.74) is 6.75. The second-order valence-corrected chi connectivity index (χ2v) is 7.26. The van der Waals surface area contributed by atoms with Gasteiger partial charge in [-0.25, -0.2) is 4.79 Å². The third-order valence-electron chi connectivity index (χ3n) is 4.77. The van der Waals surface area contributed by atoms with E-state index in [-0.39, 0.29) is 30.7 Å². The molecule has 1 aromatic rings. The van der Waals surface area contributed by atoms with E-state index in [1.807, 2.05) is 49.1 Å². The molecule has 0 radical (unpaired) electrons. The molecule has 1 aliphatic rings. The van der Waals surface area contributed by atoms with Gasteiger partial charge in [-0.3, -0.25) is 4.79 Å². The van der Waals surface area contributed by atoms with Gasteiger partial charge in [0.2, 0.25) is 5.91 Å². The van der Waals surface area contributed by atoms with Crippen LogP contribution in [-0.2, 0) is 16.1 Å². The average Bonchev–Trinajstić information content (AvgIpc) is 2.64. The number of ether oxygens (including phenoxy) is 1. The fraction of sp³-hybridized carbons (Fsp3) is 0.600. The van der Waals surface area contributed by atoms with Crippen LogP contribution < -0.4 is 5.73 Å². The van der Waals surface area contributed by atoms with Crippen LogP contribution in [0.4, 0.5) is 4.79 Å². The maximum absolute atomic E-state index is 12.6. The molecule has 1 aliphatic heterocycles. The summed E-state index contributed by atoms with van der Waals surface area (Å²) in [4.78, 5) is 28.6. The Labute approximate surface area is 156 Å². The third kappa shape index (κ3) is 5.46. The smallest absolute Gasteiger partial charge is 0.410 e. The molecule has 0 spiro atoms. The van der Waals surface area contributed by atoms with Crippen molar-refractivity contribution in [1.82, 2.24) is 9.80 Å². The third-order valence-corrected chi connectivity index (χ3v) is 4.77. The summed E-state index contributed by atoms with van der Waals surface area (Å²) in [6.45, 7) is 7.06. The highest BCUT2D eigenvalue weighted by atomic mass is 16.6. The molecule has 1 aromatic carbocycles. The van der Waals surface area contributed by atoms with E-state index >= 15 is 0 Å². The Morgan fingerprint density at radius 1 is 1.23 bits per heavy atom. The molecule has 1 saturated heterocycles. The van der Waals surface area contributed by atoms with Crippen LogP contribution in [0.5, 0.6) is 0 Å². The van der Waals surface area contributed by atoms with E-state index in [1.165, 1.54) is 0 Å². The number of rotatable bonds is 6. The van der Waals surface area contributed by atoms with E-state index < -0.39 is 6.04 Å². The summed E-state index contributed by atoms with van der Waals surface area (Å²) in [7, 11) is 0. The van der Waals surface area contributed by atoms with Gasteiger partial charge in [-0.15, -0.1) is 0 Å². The van der Waals surface area contributed by atoms with Gasteiger partial charge in [0, 0.05) is 25.2 Å². The van der Waals surface area contributed by atoms with E-state index in [1.54, 1.807) is 11.8 Å². The van der Waals surface area contributed by atoms with E-state index in [4.69, 9.17) is 10.5 Å². The average molecular weight is 361 g/mol. The Morgan fingerprint density at radius 2 is 1.92 bits per heavy atom. The summed E-state index contributed by atoms with van der Waals surface area (Å²) in [6.07, 6.45) is 2.57. The van der Waals surface area contributed by atoms with Crippen molar-refractivity contribution in [2.75, 3.05) is 13.1 Å². The van der Waals surface area contributed by atoms with Crippen LogP contribution in [0.2, 0.25) is 0 Å². The molecule has 6 nitrogen and oxygen atoms in total. The number of likely N-dealkylation sites (tertiary alicyclic amines) is 1. The van der Waals surface area contributed by atoms with Crippen molar-refractivity contribution in [3.8, 4) is 0 Å². The molecule has 0 unspecified atom stereocenters. The van der Waals surface area contributed by atoms with Crippen molar-refractivity contribution < 1.29 is 14.3 Å². The first-order valence-electron chi connectivity index (χ1n) is 9.43. The van der Waals surface area contributed by atoms with Crippen LogP contribution >= 0.6 is 0 Å². The highest BCUT2D eigenvalue weighted by Gasteiger charge is 2.32. The van der Waals surface area contributed by atoms with Crippen LogP contribution in [0.3, 0.4) is 0 Å². The summed E-state index contributed by atoms with van der Waals surface area (Å²) in [5.74, 6) is -0.0453. The highest BCUT2D eigenvalue weighted by molar-refractivity contribution is 5.81. The Bertz CT molecular complexity index is 589. The fourth-order valence-electron chi connectivity index (χ4n) is 3.27. The Hall–Kier alpha value is -2.08. The molecule has 26 heavy (non-hydrogen) atoms. The van der Waals surface area contributed by atoms with Crippen molar-refractivity contribution in [3.63, 3.8) is 0 Å². The largest absolute Gasteiger partial charge is 0.445 e. The van der Waals surface area contributed by atoms with E-state index in [0.29, 0.717) is 13.1 Å². The predicted molar refractivity (Wildman–Crippen MR) is 101 cm³/mol. The lowest BCUT2D eigenvalue weighted by molar-refractivity contribution is -0.136. The molecule has 2 amide bonds. The van der Waals surface area contributed by atoms with E-state index in [9.17, 15) is 9.59 Å². The van der Waals surface area contributed by atoms with Crippen molar-refractivity contribution in [2.24, 2.45) is 5.73 Å². The van der Waals surface area contributed by atoms with Crippen LogP contribution in [0.1, 0.15) is 45.6 Å². The minimum Gasteiger partial charge on any atom is -0.445 e. The summed E-state index contributed by atoms with van der Waals surface area (Å²) >= 11 is 0. The standard InChI is InChI=1S/C20H31N3O3/c1-15(2)23(20(25)26-14-17-9-5-4-6-10-17)13-18-11-7-8-12-22(18)19(24)16(3)21/h4-6,9-10,15-16,18H,7-8,11-14,21H2,1-3H3/t16-,18+/m0/s1. The number of carbonyl (C=O) groups is 2. The molecule has 144 valence electrons. The molecule has 1 heterocycles. The van der Waals surface area contributed by atoms with Crippen molar-refractivity contribution in [3.05, 3.63) is 35.9 Å². The fourth-order valence-corrected chi connectivity index (χ4v) is 3.27. The molecular formula is C20H31N3O3. The second-order valence-electron chi connectivity index (χ2n) is 7.26. The summed E-state index contributed by atoms with van der Waals surface area (Å²) in [5, 5.41) is 0. The quantitative estimate of drug-likeness (QED) is 0.845. The predicted octanol–water partition coefficient (Wildman–Crippen LogP) is 2.76. The number of piperidine rings is 1. The second kappa shape index (κ2) is 9.57. The van der Waals surface area contributed by atoms with Gasteiger partial charge in [0.25, 0.3) is 0 Å².